The van der Waals surface area contributed by atoms with Crippen LogP contribution in [0, 0.1) is 12.8 Å². The van der Waals surface area contributed by atoms with Crippen molar-refractivity contribution in [2.24, 2.45) is 5.92 Å². The molecule has 1 amide bonds. The van der Waals surface area contributed by atoms with E-state index < -0.39 is 0 Å². The topological polar surface area (TPSA) is 83.8 Å². The van der Waals surface area contributed by atoms with E-state index in [-0.39, 0.29) is 5.91 Å². The second-order valence-corrected chi connectivity index (χ2v) is 3.81. The fourth-order valence-electron chi connectivity index (χ4n) is 1.30. The van der Waals surface area contributed by atoms with Gasteiger partial charge in [-0.1, -0.05) is 0 Å². The Labute approximate surface area is 82.1 Å². The van der Waals surface area contributed by atoms with Crippen LogP contribution < -0.4 is 11.1 Å². The van der Waals surface area contributed by atoms with Gasteiger partial charge in [-0.2, -0.15) is 5.10 Å². The van der Waals surface area contributed by atoms with Crippen molar-refractivity contribution >= 4 is 17.4 Å². The molecule has 0 aliphatic heterocycles. The molecule has 0 aromatic carbocycles. The number of hydrogen-bond donors (Lipinski definition) is 3. The van der Waals surface area contributed by atoms with Crippen molar-refractivity contribution in [2.45, 2.75) is 26.2 Å². The molecule has 76 valence electrons. The summed E-state index contributed by atoms with van der Waals surface area (Å²) >= 11 is 0. The molecule has 1 saturated carbocycles. The molecule has 1 aromatic heterocycles. The van der Waals surface area contributed by atoms with Crippen LogP contribution in [0.15, 0.2) is 0 Å². The van der Waals surface area contributed by atoms with Gasteiger partial charge in [0.1, 0.15) is 0 Å². The van der Waals surface area contributed by atoms with Crippen LogP contribution in [0.2, 0.25) is 0 Å². The molecule has 0 unspecified atom stereocenters. The third-order valence-corrected chi connectivity index (χ3v) is 2.42. The van der Waals surface area contributed by atoms with E-state index in [2.05, 4.69) is 15.5 Å². The number of amides is 1. The van der Waals surface area contributed by atoms with Gasteiger partial charge in [-0.25, -0.2) is 0 Å². The smallest absolute Gasteiger partial charge is 0.225 e. The normalized spacial score (nSPS) is 15.5. The summed E-state index contributed by atoms with van der Waals surface area (Å²) in [4.78, 5) is 11.4. The molecule has 0 spiro atoms. The van der Waals surface area contributed by atoms with Crippen LogP contribution >= 0.6 is 0 Å². The average Bonchev–Trinajstić information content (AvgIpc) is 2.89. The summed E-state index contributed by atoms with van der Waals surface area (Å²) < 4.78 is 0. The quantitative estimate of drug-likeness (QED) is 0.672. The van der Waals surface area contributed by atoms with Gasteiger partial charge in [-0.05, 0) is 25.7 Å². The van der Waals surface area contributed by atoms with E-state index in [1.165, 1.54) is 12.8 Å². The first-order chi connectivity index (χ1) is 6.66. The summed E-state index contributed by atoms with van der Waals surface area (Å²) in [7, 11) is 0. The lowest BCUT2D eigenvalue weighted by Crippen LogP contribution is -2.13. The minimum absolute atomic E-state index is 0.00528. The Hall–Kier alpha value is -1.52. The summed E-state index contributed by atoms with van der Waals surface area (Å²) in [6.07, 6.45) is 2.93. The van der Waals surface area contributed by atoms with Gasteiger partial charge in [0.05, 0.1) is 11.4 Å². The van der Waals surface area contributed by atoms with Crippen LogP contribution in [-0.2, 0) is 4.79 Å². The van der Waals surface area contributed by atoms with Crippen LogP contribution in [0.25, 0.3) is 0 Å². The Morgan fingerprint density at radius 2 is 2.43 bits per heavy atom. The number of H-pyrrole nitrogens is 1. The average molecular weight is 194 g/mol. The maximum absolute atomic E-state index is 11.4. The first-order valence-electron chi connectivity index (χ1n) is 4.77. The number of nitrogen functional groups attached to an aromatic ring is 1. The SMILES string of the molecule is Cc1[nH]nc(NC(=O)CC2CC2)c1N. The Morgan fingerprint density at radius 3 is 2.93 bits per heavy atom. The van der Waals surface area contributed by atoms with Gasteiger partial charge in [-0.3, -0.25) is 9.89 Å². The van der Waals surface area contributed by atoms with E-state index in [0.717, 1.165) is 5.69 Å². The number of hydrogen-bond acceptors (Lipinski definition) is 3. The predicted octanol–water partition coefficient (Wildman–Crippen LogP) is 1.04. The molecule has 4 N–H and O–H groups in total. The van der Waals surface area contributed by atoms with E-state index >= 15 is 0 Å². The first-order valence-corrected chi connectivity index (χ1v) is 4.77. The first kappa shape index (κ1) is 9.05. The molecule has 5 nitrogen and oxygen atoms in total. The molecule has 1 aliphatic carbocycles. The van der Waals surface area contributed by atoms with Crippen LogP contribution in [0.4, 0.5) is 11.5 Å². The van der Waals surface area contributed by atoms with Gasteiger partial charge in [0, 0.05) is 6.42 Å². The van der Waals surface area contributed by atoms with Crippen molar-refractivity contribution in [2.75, 3.05) is 11.1 Å². The number of aromatic nitrogens is 2. The fourth-order valence-corrected chi connectivity index (χ4v) is 1.30. The zero-order valence-corrected chi connectivity index (χ0v) is 8.13. The number of carbonyl (C=O) groups excluding carboxylic acids is 1. The van der Waals surface area contributed by atoms with E-state index in [1.807, 2.05) is 6.92 Å². The van der Waals surface area contributed by atoms with Crippen LogP contribution in [0.1, 0.15) is 25.0 Å². The number of aromatic amines is 1. The van der Waals surface area contributed by atoms with Gasteiger partial charge in [-0.15, -0.1) is 0 Å². The zero-order valence-electron chi connectivity index (χ0n) is 8.13. The second kappa shape index (κ2) is 3.32. The van der Waals surface area contributed by atoms with Crippen molar-refractivity contribution in [1.82, 2.24) is 10.2 Å². The highest BCUT2D eigenvalue weighted by molar-refractivity contribution is 5.93. The summed E-state index contributed by atoms with van der Waals surface area (Å²) in [6, 6.07) is 0. The number of carbonyl (C=O) groups is 1. The molecule has 0 atom stereocenters. The molecule has 2 rings (SSSR count). The second-order valence-electron chi connectivity index (χ2n) is 3.81. The summed E-state index contributed by atoms with van der Waals surface area (Å²) in [5.41, 5.74) is 7.00. The van der Waals surface area contributed by atoms with Crippen LogP contribution in [-0.4, -0.2) is 16.1 Å². The number of anilines is 2. The highest BCUT2D eigenvalue weighted by atomic mass is 16.1. The van der Waals surface area contributed by atoms with E-state index in [0.29, 0.717) is 23.8 Å². The number of nitrogens with one attached hydrogen (secondary N) is 2. The highest BCUT2D eigenvalue weighted by Gasteiger charge is 2.24. The van der Waals surface area contributed by atoms with Crippen molar-refractivity contribution in [3.05, 3.63) is 5.69 Å². The predicted molar refractivity (Wildman–Crippen MR) is 53.7 cm³/mol. The minimum atomic E-state index is 0.00528. The minimum Gasteiger partial charge on any atom is -0.394 e. The van der Waals surface area contributed by atoms with Crippen molar-refractivity contribution in [1.29, 1.82) is 0 Å². The largest absolute Gasteiger partial charge is 0.394 e. The monoisotopic (exact) mass is 194 g/mol. The number of aryl methyl sites for hydroxylation is 1. The molecule has 14 heavy (non-hydrogen) atoms. The van der Waals surface area contributed by atoms with E-state index in [1.54, 1.807) is 0 Å². The maximum Gasteiger partial charge on any atom is 0.225 e. The Morgan fingerprint density at radius 1 is 1.71 bits per heavy atom. The molecular weight excluding hydrogens is 180 g/mol. The zero-order chi connectivity index (χ0) is 10.1. The Balaban J connectivity index is 1.95. The number of nitrogens with zero attached hydrogens (tertiary/aromatic N) is 1. The molecule has 0 bridgehead atoms. The number of rotatable bonds is 3. The standard InChI is InChI=1S/C9H14N4O/c1-5-8(10)9(13-12-5)11-7(14)4-6-2-3-6/h6H,2-4,10H2,1H3,(H2,11,12,13,14). The van der Waals surface area contributed by atoms with Gasteiger partial charge in [0.2, 0.25) is 5.91 Å². The molecule has 0 saturated heterocycles. The van der Waals surface area contributed by atoms with Crippen molar-refractivity contribution in [3.8, 4) is 0 Å². The van der Waals surface area contributed by atoms with Crippen molar-refractivity contribution in [3.63, 3.8) is 0 Å². The third-order valence-electron chi connectivity index (χ3n) is 2.42. The Kier molecular flexibility index (Phi) is 2.15. The summed E-state index contributed by atoms with van der Waals surface area (Å²) in [5, 5.41) is 9.32. The van der Waals surface area contributed by atoms with Gasteiger partial charge < -0.3 is 11.1 Å². The molecule has 1 heterocycles. The number of nitrogens with two attached hydrogens (primary N) is 1. The maximum atomic E-state index is 11.4. The molecule has 1 fully saturated rings. The Bertz CT molecular complexity index is 354. The van der Waals surface area contributed by atoms with Gasteiger partial charge in [0.25, 0.3) is 0 Å². The molecule has 5 heteroatoms. The summed E-state index contributed by atoms with van der Waals surface area (Å²) in [5.74, 6) is 1.04. The molecule has 1 aromatic rings. The fraction of sp³-hybridized carbons (Fsp3) is 0.556. The third kappa shape index (κ3) is 1.86. The van der Waals surface area contributed by atoms with Gasteiger partial charge in [0.15, 0.2) is 5.82 Å². The van der Waals surface area contributed by atoms with E-state index in [4.69, 9.17) is 5.73 Å². The lowest BCUT2D eigenvalue weighted by atomic mass is 10.3. The van der Waals surface area contributed by atoms with Crippen LogP contribution in [0.5, 0.6) is 0 Å². The molecule has 1 aliphatic rings. The summed E-state index contributed by atoms with van der Waals surface area (Å²) in [6.45, 7) is 1.82. The lowest BCUT2D eigenvalue weighted by Gasteiger charge is -2.01. The highest BCUT2D eigenvalue weighted by Crippen LogP contribution is 2.32. The molecule has 0 radical (unpaired) electrons. The molecular formula is C9H14N4O. The lowest BCUT2D eigenvalue weighted by molar-refractivity contribution is -0.116. The van der Waals surface area contributed by atoms with Crippen LogP contribution in [0.3, 0.4) is 0 Å². The van der Waals surface area contributed by atoms with E-state index in [9.17, 15) is 4.79 Å². The van der Waals surface area contributed by atoms with Crippen molar-refractivity contribution < 1.29 is 4.79 Å². The van der Waals surface area contributed by atoms with Gasteiger partial charge >= 0.3 is 0 Å².